The zero-order chi connectivity index (χ0) is 17.2. The highest BCUT2D eigenvalue weighted by atomic mass is 16.5. The van der Waals surface area contributed by atoms with E-state index >= 15 is 0 Å². The van der Waals surface area contributed by atoms with E-state index in [2.05, 4.69) is 0 Å². The van der Waals surface area contributed by atoms with Crippen LogP contribution in [0, 0.1) is 6.92 Å². The number of nitrogens with zero attached hydrogens (tertiary/aromatic N) is 1. The number of aliphatic hydroxyl groups excluding tert-OH is 1. The number of ether oxygens (including phenoxy) is 2. The van der Waals surface area contributed by atoms with Crippen LogP contribution in [-0.2, 0) is 16.0 Å². The van der Waals surface area contributed by atoms with Gasteiger partial charge in [0.2, 0.25) is 5.91 Å². The number of methoxy groups -OCH3 is 1. The molecule has 5 nitrogen and oxygen atoms in total. The second-order valence-electron chi connectivity index (χ2n) is 7.05. The van der Waals surface area contributed by atoms with Gasteiger partial charge in [-0.1, -0.05) is 17.7 Å². The molecule has 0 aromatic heterocycles. The van der Waals surface area contributed by atoms with Crippen LogP contribution in [0.15, 0.2) is 18.2 Å². The van der Waals surface area contributed by atoms with Crippen LogP contribution in [0.1, 0.15) is 36.8 Å². The Morgan fingerprint density at radius 1 is 1.42 bits per heavy atom. The minimum atomic E-state index is -0.266. The van der Waals surface area contributed by atoms with Crippen molar-refractivity contribution >= 4 is 5.91 Å². The van der Waals surface area contributed by atoms with Gasteiger partial charge < -0.3 is 19.5 Å². The Kier molecular flexibility index (Phi) is 5.11. The van der Waals surface area contributed by atoms with Gasteiger partial charge in [-0.15, -0.1) is 0 Å². The number of benzene rings is 1. The van der Waals surface area contributed by atoms with E-state index in [0.29, 0.717) is 32.5 Å². The van der Waals surface area contributed by atoms with Crippen LogP contribution >= 0.6 is 0 Å². The van der Waals surface area contributed by atoms with E-state index in [-0.39, 0.29) is 17.6 Å². The van der Waals surface area contributed by atoms with Gasteiger partial charge in [0.05, 0.1) is 25.2 Å². The molecule has 5 heteroatoms. The zero-order valence-corrected chi connectivity index (χ0v) is 14.6. The molecule has 0 bridgehead atoms. The molecule has 0 aliphatic carbocycles. The average Bonchev–Trinajstić information content (AvgIpc) is 2.55. The number of rotatable bonds is 3. The third kappa shape index (κ3) is 3.73. The van der Waals surface area contributed by atoms with Crippen LogP contribution in [0.2, 0.25) is 0 Å². The quantitative estimate of drug-likeness (QED) is 0.920. The molecule has 24 heavy (non-hydrogen) atoms. The Morgan fingerprint density at radius 3 is 2.83 bits per heavy atom. The highest BCUT2D eigenvalue weighted by Crippen LogP contribution is 2.35. The molecule has 2 fully saturated rings. The molecule has 1 unspecified atom stereocenters. The van der Waals surface area contributed by atoms with Crippen molar-refractivity contribution in [3.63, 3.8) is 0 Å². The lowest BCUT2D eigenvalue weighted by Crippen LogP contribution is -2.51. The highest BCUT2D eigenvalue weighted by Gasteiger charge is 2.40. The summed E-state index contributed by atoms with van der Waals surface area (Å²) in [6.07, 6.45) is 3.12. The molecule has 0 saturated carbocycles. The van der Waals surface area contributed by atoms with Crippen LogP contribution in [0.4, 0.5) is 0 Å². The van der Waals surface area contributed by atoms with E-state index in [1.54, 1.807) is 7.11 Å². The monoisotopic (exact) mass is 333 g/mol. The van der Waals surface area contributed by atoms with Gasteiger partial charge in [0.25, 0.3) is 0 Å². The summed E-state index contributed by atoms with van der Waals surface area (Å²) >= 11 is 0. The molecule has 1 amide bonds. The minimum absolute atomic E-state index is 0.130. The largest absolute Gasteiger partial charge is 0.496 e. The third-order valence-corrected chi connectivity index (χ3v) is 5.27. The lowest BCUT2D eigenvalue weighted by molar-refractivity contribution is -0.153. The van der Waals surface area contributed by atoms with E-state index in [9.17, 15) is 9.90 Å². The summed E-state index contributed by atoms with van der Waals surface area (Å²) < 4.78 is 11.3. The number of aryl methyl sites for hydroxylation is 1. The first-order valence-corrected chi connectivity index (χ1v) is 8.75. The van der Waals surface area contributed by atoms with E-state index < -0.39 is 0 Å². The maximum Gasteiger partial charge on any atom is 0.227 e. The summed E-state index contributed by atoms with van der Waals surface area (Å²) in [5.41, 5.74) is 1.84. The van der Waals surface area contributed by atoms with E-state index in [4.69, 9.17) is 9.47 Å². The predicted molar refractivity (Wildman–Crippen MR) is 91.2 cm³/mol. The lowest BCUT2D eigenvalue weighted by atomic mass is 9.83. The Labute approximate surface area is 143 Å². The van der Waals surface area contributed by atoms with Crippen LogP contribution in [0.3, 0.4) is 0 Å². The Balaban J connectivity index is 1.60. The summed E-state index contributed by atoms with van der Waals surface area (Å²) in [6, 6.07) is 5.92. The summed E-state index contributed by atoms with van der Waals surface area (Å²) in [6.45, 7) is 4.03. The van der Waals surface area contributed by atoms with Crippen LogP contribution in [0.5, 0.6) is 5.75 Å². The van der Waals surface area contributed by atoms with Gasteiger partial charge in [-0.05, 0) is 32.3 Å². The Hall–Kier alpha value is -1.59. The second kappa shape index (κ2) is 7.11. The molecule has 1 aromatic carbocycles. The third-order valence-electron chi connectivity index (χ3n) is 5.27. The van der Waals surface area contributed by atoms with Crippen molar-refractivity contribution in [3.05, 3.63) is 29.3 Å². The fraction of sp³-hybridized carbons (Fsp3) is 0.632. The number of carbonyl (C=O) groups is 1. The smallest absolute Gasteiger partial charge is 0.227 e. The van der Waals surface area contributed by atoms with Gasteiger partial charge in [-0.3, -0.25) is 4.79 Å². The molecular formula is C19H27NO4. The zero-order valence-electron chi connectivity index (χ0n) is 14.6. The highest BCUT2D eigenvalue weighted by molar-refractivity contribution is 5.79. The number of amides is 1. The molecule has 0 radical (unpaired) electrons. The van der Waals surface area contributed by atoms with Gasteiger partial charge in [0.1, 0.15) is 5.75 Å². The molecule has 132 valence electrons. The van der Waals surface area contributed by atoms with Gasteiger partial charge in [-0.2, -0.15) is 0 Å². The minimum Gasteiger partial charge on any atom is -0.496 e. The van der Waals surface area contributed by atoms with Crippen molar-refractivity contribution < 1.29 is 19.4 Å². The number of hydrogen-bond acceptors (Lipinski definition) is 4. The van der Waals surface area contributed by atoms with Crippen molar-refractivity contribution in [2.75, 3.05) is 26.8 Å². The fourth-order valence-electron chi connectivity index (χ4n) is 3.83. The Bertz CT molecular complexity index is 593. The SMILES string of the molecule is COc1ccc(C)cc1CC(=O)N1CCC2(CC1)CC(O)CCO2. The van der Waals surface area contributed by atoms with Crippen LogP contribution in [0.25, 0.3) is 0 Å². The molecule has 3 rings (SSSR count). The molecule has 2 aliphatic heterocycles. The van der Waals surface area contributed by atoms with Crippen molar-refractivity contribution in [1.82, 2.24) is 4.90 Å². The molecule has 2 saturated heterocycles. The molecule has 2 aliphatic rings. The first kappa shape index (κ1) is 17.2. The number of hydrogen-bond donors (Lipinski definition) is 1. The summed E-state index contributed by atoms with van der Waals surface area (Å²) in [5.74, 6) is 0.895. The van der Waals surface area contributed by atoms with E-state index in [1.807, 2.05) is 30.0 Å². The van der Waals surface area contributed by atoms with Crippen LogP contribution in [-0.4, -0.2) is 54.4 Å². The van der Waals surface area contributed by atoms with Gasteiger partial charge in [0.15, 0.2) is 0 Å². The number of aliphatic hydroxyl groups is 1. The molecule has 1 N–H and O–H groups in total. The summed E-state index contributed by atoms with van der Waals surface area (Å²) in [7, 11) is 1.63. The first-order valence-electron chi connectivity index (χ1n) is 8.75. The van der Waals surface area contributed by atoms with Crippen molar-refractivity contribution in [1.29, 1.82) is 0 Å². The van der Waals surface area contributed by atoms with Crippen molar-refractivity contribution in [3.8, 4) is 5.75 Å². The normalized spacial score (nSPS) is 23.3. The molecule has 2 heterocycles. The van der Waals surface area contributed by atoms with E-state index in [1.165, 1.54) is 0 Å². The number of carbonyl (C=O) groups excluding carboxylic acids is 1. The van der Waals surface area contributed by atoms with Gasteiger partial charge in [0, 0.05) is 31.7 Å². The number of likely N-dealkylation sites (tertiary alicyclic amines) is 1. The number of piperidine rings is 1. The maximum atomic E-state index is 12.7. The average molecular weight is 333 g/mol. The topological polar surface area (TPSA) is 59.0 Å². The van der Waals surface area contributed by atoms with Crippen molar-refractivity contribution in [2.45, 2.75) is 50.7 Å². The Morgan fingerprint density at radius 2 is 2.17 bits per heavy atom. The first-order chi connectivity index (χ1) is 11.5. The molecule has 1 atom stereocenters. The summed E-state index contributed by atoms with van der Waals surface area (Å²) in [5, 5.41) is 9.91. The second-order valence-corrected chi connectivity index (χ2v) is 7.05. The van der Waals surface area contributed by atoms with Crippen molar-refractivity contribution in [2.24, 2.45) is 0 Å². The van der Waals surface area contributed by atoms with E-state index in [0.717, 1.165) is 36.1 Å². The lowest BCUT2D eigenvalue weighted by Gasteiger charge is -2.45. The molecule has 1 spiro atoms. The fourth-order valence-corrected chi connectivity index (χ4v) is 3.83. The predicted octanol–water partition coefficient (Wildman–Crippen LogP) is 2.08. The van der Waals surface area contributed by atoms with Crippen LogP contribution < -0.4 is 4.74 Å². The maximum absolute atomic E-state index is 12.7. The molecule has 1 aromatic rings. The standard InChI is InChI=1S/C19H27NO4/c1-14-3-4-17(23-2)15(11-14)12-18(22)20-8-6-19(7-9-20)13-16(21)5-10-24-19/h3-4,11,16,21H,5-10,12-13H2,1-2H3. The molecular weight excluding hydrogens is 306 g/mol. The summed E-state index contributed by atoms with van der Waals surface area (Å²) in [4.78, 5) is 14.6. The van der Waals surface area contributed by atoms with Gasteiger partial charge >= 0.3 is 0 Å². The van der Waals surface area contributed by atoms with Gasteiger partial charge in [-0.25, -0.2) is 0 Å².